The molecule has 28 heavy (non-hydrogen) atoms. The van der Waals surface area contributed by atoms with Gasteiger partial charge in [0.2, 0.25) is 15.9 Å². The van der Waals surface area contributed by atoms with E-state index in [1.165, 1.54) is 12.1 Å². The van der Waals surface area contributed by atoms with E-state index in [0.29, 0.717) is 18.7 Å². The van der Waals surface area contributed by atoms with Crippen LogP contribution in [0.5, 0.6) is 0 Å². The van der Waals surface area contributed by atoms with E-state index in [1.807, 2.05) is 37.3 Å². The minimum Gasteiger partial charge on any atom is -0.377 e. The molecular formula is C21H26N2O4S. The highest BCUT2D eigenvalue weighted by Gasteiger charge is 2.20. The maximum absolute atomic E-state index is 12.4. The van der Waals surface area contributed by atoms with Crippen LogP contribution in [0.15, 0.2) is 59.5 Å². The third-order valence-corrected chi connectivity index (χ3v) is 6.27. The van der Waals surface area contributed by atoms with Gasteiger partial charge in [-0.05, 0) is 48.6 Å². The van der Waals surface area contributed by atoms with Gasteiger partial charge < -0.3 is 10.1 Å². The maximum atomic E-state index is 12.4. The summed E-state index contributed by atoms with van der Waals surface area (Å²) in [4.78, 5) is 12.4. The quantitative estimate of drug-likeness (QED) is 0.710. The van der Waals surface area contributed by atoms with Crippen LogP contribution in [-0.4, -0.2) is 33.6 Å². The van der Waals surface area contributed by atoms with Crippen LogP contribution in [0, 0.1) is 0 Å². The van der Waals surface area contributed by atoms with Crippen molar-refractivity contribution in [2.45, 2.75) is 43.1 Å². The first-order valence-electron chi connectivity index (χ1n) is 9.50. The van der Waals surface area contributed by atoms with Crippen molar-refractivity contribution >= 4 is 21.6 Å². The highest BCUT2D eigenvalue weighted by molar-refractivity contribution is 7.89. The summed E-state index contributed by atoms with van der Waals surface area (Å²) >= 11 is 0. The van der Waals surface area contributed by atoms with Gasteiger partial charge in [-0.2, -0.15) is 0 Å². The van der Waals surface area contributed by atoms with E-state index in [-0.39, 0.29) is 29.4 Å². The van der Waals surface area contributed by atoms with E-state index >= 15 is 0 Å². The standard InChI is InChI=1S/C21H26N2O4S/c1-16(17-6-3-2-4-7-17)14-21(24)23-18-9-11-20(12-10-18)28(25,26)22-15-19-8-5-13-27-19/h2-4,6-7,9-12,16,19,22H,5,8,13-15H2,1H3,(H,23,24). The number of sulfonamides is 1. The first kappa shape index (κ1) is 20.5. The zero-order valence-corrected chi connectivity index (χ0v) is 16.7. The van der Waals surface area contributed by atoms with Crippen molar-refractivity contribution in [2.75, 3.05) is 18.5 Å². The largest absolute Gasteiger partial charge is 0.377 e. The van der Waals surface area contributed by atoms with Gasteiger partial charge in [-0.15, -0.1) is 0 Å². The number of carbonyl (C=O) groups excluding carboxylic acids is 1. The van der Waals surface area contributed by atoms with Gasteiger partial charge >= 0.3 is 0 Å². The molecule has 0 aliphatic carbocycles. The Morgan fingerprint density at radius 3 is 2.50 bits per heavy atom. The second-order valence-corrected chi connectivity index (χ2v) is 8.84. The van der Waals surface area contributed by atoms with Crippen LogP contribution < -0.4 is 10.0 Å². The molecule has 2 atom stereocenters. The molecule has 150 valence electrons. The maximum Gasteiger partial charge on any atom is 0.240 e. The molecule has 3 rings (SSSR count). The molecule has 6 nitrogen and oxygen atoms in total. The van der Waals surface area contributed by atoms with Crippen LogP contribution in [-0.2, 0) is 19.6 Å². The van der Waals surface area contributed by atoms with Crippen molar-refractivity contribution in [3.8, 4) is 0 Å². The molecular weight excluding hydrogens is 376 g/mol. The summed E-state index contributed by atoms with van der Waals surface area (Å²) in [5.41, 5.74) is 1.68. The van der Waals surface area contributed by atoms with Crippen LogP contribution in [0.4, 0.5) is 5.69 Å². The third-order valence-electron chi connectivity index (χ3n) is 4.83. The van der Waals surface area contributed by atoms with Gasteiger partial charge in [0.25, 0.3) is 0 Å². The summed E-state index contributed by atoms with van der Waals surface area (Å²) in [5, 5.41) is 2.82. The van der Waals surface area contributed by atoms with E-state index in [9.17, 15) is 13.2 Å². The lowest BCUT2D eigenvalue weighted by molar-refractivity contribution is -0.116. The molecule has 1 aliphatic heterocycles. The lowest BCUT2D eigenvalue weighted by Crippen LogP contribution is -2.31. The van der Waals surface area contributed by atoms with Crippen LogP contribution in [0.3, 0.4) is 0 Å². The Balaban J connectivity index is 1.54. The van der Waals surface area contributed by atoms with E-state index in [1.54, 1.807) is 12.1 Å². The van der Waals surface area contributed by atoms with Crippen LogP contribution in [0.1, 0.15) is 37.7 Å². The average molecular weight is 403 g/mol. The number of nitrogens with one attached hydrogen (secondary N) is 2. The fraction of sp³-hybridized carbons (Fsp3) is 0.381. The van der Waals surface area contributed by atoms with Crippen molar-refractivity contribution in [1.29, 1.82) is 0 Å². The fourth-order valence-corrected chi connectivity index (χ4v) is 4.26. The fourth-order valence-electron chi connectivity index (χ4n) is 3.20. The third kappa shape index (κ3) is 5.64. The van der Waals surface area contributed by atoms with Crippen LogP contribution in [0.2, 0.25) is 0 Å². The Morgan fingerprint density at radius 1 is 1.14 bits per heavy atom. The Labute approximate surface area is 166 Å². The zero-order chi connectivity index (χ0) is 20.0. The normalized spacial score (nSPS) is 18.0. The lowest BCUT2D eigenvalue weighted by atomic mass is 9.97. The monoisotopic (exact) mass is 402 g/mol. The van der Waals surface area contributed by atoms with Gasteiger partial charge in [0, 0.05) is 25.3 Å². The molecule has 0 saturated carbocycles. The summed E-state index contributed by atoms with van der Waals surface area (Å²) < 4.78 is 32.8. The first-order valence-corrected chi connectivity index (χ1v) is 11.0. The summed E-state index contributed by atoms with van der Waals surface area (Å²) in [7, 11) is -3.59. The molecule has 1 amide bonds. The molecule has 1 heterocycles. The van der Waals surface area contributed by atoms with Crippen molar-refractivity contribution in [2.24, 2.45) is 0 Å². The number of ether oxygens (including phenoxy) is 1. The molecule has 2 N–H and O–H groups in total. The lowest BCUT2D eigenvalue weighted by Gasteiger charge is -2.13. The topological polar surface area (TPSA) is 84.5 Å². The predicted molar refractivity (Wildman–Crippen MR) is 109 cm³/mol. The molecule has 0 radical (unpaired) electrons. The summed E-state index contributed by atoms with van der Waals surface area (Å²) in [6.07, 6.45) is 2.13. The second-order valence-electron chi connectivity index (χ2n) is 7.08. The van der Waals surface area contributed by atoms with Crippen LogP contribution in [0.25, 0.3) is 0 Å². The molecule has 2 unspecified atom stereocenters. The molecule has 2 aromatic rings. The predicted octanol–water partition coefficient (Wildman–Crippen LogP) is 3.28. The van der Waals surface area contributed by atoms with Gasteiger partial charge in [-0.3, -0.25) is 4.79 Å². The number of hydrogen-bond acceptors (Lipinski definition) is 4. The molecule has 2 aromatic carbocycles. The summed E-state index contributed by atoms with van der Waals surface area (Å²) in [6, 6.07) is 16.1. The molecule has 0 spiro atoms. The summed E-state index contributed by atoms with van der Waals surface area (Å²) in [5.74, 6) is -0.00803. The smallest absolute Gasteiger partial charge is 0.240 e. The van der Waals surface area contributed by atoms with Gasteiger partial charge in [-0.25, -0.2) is 13.1 Å². The number of benzene rings is 2. The minimum absolute atomic E-state index is 0.0556. The first-order chi connectivity index (χ1) is 13.4. The van der Waals surface area contributed by atoms with E-state index < -0.39 is 10.0 Å². The number of carbonyl (C=O) groups is 1. The second kappa shape index (κ2) is 9.32. The SMILES string of the molecule is CC(CC(=O)Nc1ccc(S(=O)(=O)NCC2CCCO2)cc1)c1ccccc1. The van der Waals surface area contributed by atoms with Crippen LogP contribution >= 0.6 is 0 Å². The average Bonchev–Trinajstić information content (AvgIpc) is 3.21. The molecule has 7 heteroatoms. The Hall–Kier alpha value is -2.22. The summed E-state index contributed by atoms with van der Waals surface area (Å²) in [6.45, 7) is 2.96. The van der Waals surface area contributed by atoms with Crippen molar-refractivity contribution in [1.82, 2.24) is 4.72 Å². The van der Waals surface area contributed by atoms with E-state index in [0.717, 1.165) is 18.4 Å². The number of hydrogen-bond donors (Lipinski definition) is 2. The molecule has 1 saturated heterocycles. The minimum atomic E-state index is -3.59. The number of rotatable bonds is 8. The highest BCUT2D eigenvalue weighted by atomic mass is 32.2. The molecule has 0 bridgehead atoms. The van der Waals surface area contributed by atoms with Gasteiger partial charge in [0.05, 0.1) is 11.0 Å². The highest BCUT2D eigenvalue weighted by Crippen LogP contribution is 2.20. The van der Waals surface area contributed by atoms with Gasteiger partial charge in [0.15, 0.2) is 0 Å². The Morgan fingerprint density at radius 2 is 1.86 bits per heavy atom. The van der Waals surface area contributed by atoms with Gasteiger partial charge in [0.1, 0.15) is 0 Å². The molecule has 1 fully saturated rings. The van der Waals surface area contributed by atoms with Gasteiger partial charge in [-0.1, -0.05) is 37.3 Å². The Bertz CT molecular complexity index is 876. The van der Waals surface area contributed by atoms with Crippen molar-refractivity contribution in [3.05, 3.63) is 60.2 Å². The Kier molecular flexibility index (Phi) is 6.83. The molecule has 0 aromatic heterocycles. The zero-order valence-electron chi connectivity index (χ0n) is 15.9. The molecule has 1 aliphatic rings. The number of amides is 1. The number of anilines is 1. The van der Waals surface area contributed by atoms with Crippen molar-refractivity contribution < 1.29 is 17.9 Å². The van der Waals surface area contributed by atoms with Crippen molar-refractivity contribution in [3.63, 3.8) is 0 Å². The van der Waals surface area contributed by atoms with E-state index in [2.05, 4.69) is 10.0 Å². The van der Waals surface area contributed by atoms with E-state index in [4.69, 9.17) is 4.74 Å².